The van der Waals surface area contributed by atoms with Crippen LogP contribution < -0.4 is 5.32 Å². The van der Waals surface area contributed by atoms with E-state index in [-0.39, 0.29) is 11.8 Å². The molecule has 0 spiro atoms. The summed E-state index contributed by atoms with van der Waals surface area (Å²) in [7, 11) is 0. The van der Waals surface area contributed by atoms with E-state index in [0.29, 0.717) is 18.1 Å². The lowest BCUT2D eigenvalue weighted by Gasteiger charge is -2.32. The summed E-state index contributed by atoms with van der Waals surface area (Å²) >= 11 is 0. The van der Waals surface area contributed by atoms with Gasteiger partial charge in [-0.05, 0) is 32.3 Å². The van der Waals surface area contributed by atoms with Crippen molar-refractivity contribution in [1.82, 2.24) is 25.1 Å². The van der Waals surface area contributed by atoms with E-state index in [1.807, 2.05) is 18.0 Å². The predicted molar refractivity (Wildman–Crippen MR) is 113 cm³/mol. The first kappa shape index (κ1) is 19.1. The number of hydrogen-bond donors (Lipinski definition) is 2. The van der Waals surface area contributed by atoms with E-state index >= 15 is 0 Å². The summed E-state index contributed by atoms with van der Waals surface area (Å²) in [5.74, 6) is 0.753. The molecular weight excluding hydrogens is 364 g/mol. The topological polar surface area (TPSA) is 86.8 Å². The van der Waals surface area contributed by atoms with E-state index in [0.717, 1.165) is 42.8 Å². The first-order valence-corrected chi connectivity index (χ1v) is 10.1. The molecule has 2 N–H and O–H groups in total. The van der Waals surface area contributed by atoms with E-state index in [9.17, 15) is 4.79 Å². The van der Waals surface area contributed by atoms with Crippen LogP contribution in [0.15, 0.2) is 42.9 Å². The number of aromatic nitrogens is 4. The Hall–Kier alpha value is -3.22. The Morgan fingerprint density at radius 2 is 1.97 bits per heavy atom. The molecule has 0 radical (unpaired) electrons. The molecule has 0 saturated carbocycles. The second kappa shape index (κ2) is 8.43. The number of anilines is 1. The van der Waals surface area contributed by atoms with Crippen LogP contribution in [0.3, 0.4) is 0 Å². The number of nitrogens with one attached hydrogen (secondary N) is 2. The molecule has 1 aliphatic heterocycles. The Balaban J connectivity index is 1.51. The lowest BCUT2D eigenvalue weighted by molar-refractivity contribution is 0.0705. The maximum absolute atomic E-state index is 13.0. The summed E-state index contributed by atoms with van der Waals surface area (Å²) in [5.41, 5.74) is 5.12. The number of likely N-dealkylation sites (tertiary alicyclic amines) is 1. The minimum atomic E-state index is -0.0193. The van der Waals surface area contributed by atoms with E-state index in [2.05, 4.69) is 56.7 Å². The van der Waals surface area contributed by atoms with Gasteiger partial charge in [0.25, 0.3) is 5.91 Å². The third kappa shape index (κ3) is 4.13. The van der Waals surface area contributed by atoms with Gasteiger partial charge in [-0.3, -0.25) is 9.89 Å². The molecular formula is C22H26N6O. The molecule has 0 bridgehead atoms. The molecule has 3 heterocycles. The van der Waals surface area contributed by atoms with Crippen LogP contribution in [-0.2, 0) is 0 Å². The molecule has 1 aliphatic rings. The fourth-order valence-electron chi connectivity index (χ4n) is 3.84. The molecule has 7 nitrogen and oxygen atoms in total. The third-order valence-electron chi connectivity index (χ3n) is 5.38. The number of benzene rings is 1. The van der Waals surface area contributed by atoms with Gasteiger partial charge >= 0.3 is 0 Å². The van der Waals surface area contributed by atoms with Crippen LogP contribution in [0.4, 0.5) is 5.95 Å². The SMILES string of the molecule is CCNc1ncc(C(=O)N2CCCC(c3[nH]ncc3-c3ccc(C)cc3)C2)cn1. The maximum Gasteiger partial charge on any atom is 0.257 e. The number of H-pyrrole nitrogens is 1. The van der Waals surface area contributed by atoms with E-state index in [4.69, 9.17) is 0 Å². The second-order valence-electron chi connectivity index (χ2n) is 7.48. The van der Waals surface area contributed by atoms with Gasteiger partial charge in [-0.2, -0.15) is 5.10 Å². The van der Waals surface area contributed by atoms with Gasteiger partial charge in [-0.15, -0.1) is 0 Å². The normalized spacial score (nSPS) is 16.6. The second-order valence-corrected chi connectivity index (χ2v) is 7.48. The van der Waals surface area contributed by atoms with E-state index in [1.54, 1.807) is 12.4 Å². The summed E-state index contributed by atoms with van der Waals surface area (Å²) in [6, 6.07) is 8.47. The van der Waals surface area contributed by atoms with Gasteiger partial charge in [0.1, 0.15) is 0 Å². The molecule has 1 unspecified atom stereocenters. The molecule has 2 aromatic heterocycles. The zero-order valence-electron chi connectivity index (χ0n) is 16.9. The number of rotatable bonds is 5. The molecule has 1 aromatic carbocycles. The molecule has 29 heavy (non-hydrogen) atoms. The molecule has 4 rings (SSSR count). The Morgan fingerprint density at radius 3 is 2.69 bits per heavy atom. The monoisotopic (exact) mass is 390 g/mol. The van der Waals surface area contributed by atoms with Gasteiger partial charge in [-0.25, -0.2) is 9.97 Å². The number of aryl methyl sites for hydroxylation is 1. The van der Waals surface area contributed by atoms with Crippen molar-refractivity contribution in [3.63, 3.8) is 0 Å². The molecule has 1 amide bonds. The Labute approximate surface area is 170 Å². The average molecular weight is 390 g/mol. The molecule has 1 saturated heterocycles. The van der Waals surface area contributed by atoms with Crippen LogP contribution in [0.1, 0.15) is 47.3 Å². The standard InChI is InChI=1S/C22H26N6O/c1-3-23-22-24-11-18(12-25-22)21(29)28-10-4-5-17(14-28)20-19(13-26-27-20)16-8-6-15(2)7-9-16/h6-9,11-13,17H,3-5,10,14H2,1-2H3,(H,26,27)(H,23,24,25). The largest absolute Gasteiger partial charge is 0.355 e. The fourth-order valence-corrected chi connectivity index (χ4v) is 3.84. The fraction of sp³-hybridized carbons (Fsp3) is 0.364. The van der Waals surface area contributed by atoms with Crippen molar-refractivity contribution in [2.75, 3.05) is 25.0 Å². The molecule has 3 aromatic rings. The van der Waals surface area contributed by atoms with Crippen LogP contribution in [0.2, 0.25) is 0 Å². The third-order valence-corrected chi connectivity index (χ3v) is 5.38. The highest BCUT2D eigenvalue weighted by molar-refractivity contribution is 5.93. The Kier molecular flexibility index (Phi) is 5.55. The molecule has 150 valence electrons. The van der Waals surface area contributed by atoms with Crippen molar-refractivity contribution in [2.24, 2.45) is 0 Å². The van der Waals surface area contributed by atoms with E-state index in [1.165, 1.54) is 5.56 Å². The highest BCUT2D eigenvalue weighted by Crippen LogP contribution is 2.33. The first-order valence-electron chi connectivity index (χ1n) is 10.1. The molecule has 1 atom stereocenters. The van der Waals surface area contributed by atoms with Gasteiger partial charge in [0, 0.05) is 49.2 Å². The number of carbonyl (C=O) groups is 1. The highest BCUT2D eigenvalue weighted by Gasteiger charge is 2.28. The number of carbonyl (C=O) groups excluding carboxylic acids is 1. The zero-order chi connectivity index (χ0) is 20.2. The quantitative estimate of drug-likeness (QED) is 0.695. The molecule has 7 heteroatoms. The van der Waals surface area contributed by atoms with Crippen LogP contribution in [0.5, 0.6) is 0 Å². The number of aromatic amines is 1. The average Bonchev–Trinajstić information content (AvgIpc) is 3.25. The highest BCUT2D eigenvalue weighted by atomic mass is 16.2. The summed E-state index contributed by atoms with van der Waals surface area (Å²) in [6.07, 6.45) is 7.07. The number of piperidine rings is 1. The van der Waals surface area contributed by atoms with Crippen molar-refractivity contribution in [1.29, 1.82) is 0 Å². The lowest BCUT2D eigenvalue weighted by Crippen LogP contribution is -2.39. The van der Waals surface area contributed by atoms with Gasteiger partial charge in [0.15, 0.2) is 0 Å². The molecule has 0 aliphatic carbocycles. The number of nitrogens with zero attached hydrogens (tertiary/aromatic N) is 4. The van der Waals surface area contributed by atoms with Gasteiger partial charge < -0.3 is 10.2 Å². The van der Waals surface area contributed by atoms with Crippen LogP contribution in [-0.4, -0.2) is 50.6 Å². The summed E-state index contributed by atoms with van der Waals surface area (Å²) in [6.45, 7) is 6.22. The van der Waals surface area contributed by atoms with Gasteiger partial charge in [0.2, 0.25) is 5.95 Å². The Bertz CT molecular complexity index is 964. The Morgan fingerprint density at radius 1 is 1.21 bits per heavy atom. The first-order chi connectivity index (χ1) is 14.2. The van der Waals surface area contributed by atoms with E-state index < -0.39 is 0 Å². The summed E-state index contributed by atoms with van der Waals surface area (Å²) < 4.78 is 0. The molecule has 1 fully saturated rings. The van der Waals surface area contributed by atoms with Gasteiger partial charge in [-0.1, -0.05) is 29.8 Å². The van der Waals surface area contributed by atoms with Crippen molar-refractivity contribution in [3.05, 3.63) is 59.7 Å². The maximum atomic E-state index is 13.0. The summed E-state index contributed by atoms with van der Waals surface area (Å²) in [4.78, 5) is 23.3. The van der Waals surface area contributed by atoms with Crippen molar-refractivity contribution in [3.8, 4) is 11.1 Å². The van der Waals surface area contributed by atoms with Crippen molar-refractivity contribution in [2.45, 2.75) is 32.6 Å². The van der Waals surface area contributed by atoms with Crippen molar-refractivity contribution >= 4 is 11.9 Å². The number of hydrogen-bond acceptors (Lipinski definition) is 5. The lowest BCUT2D eigenvalue weighted by atomic mass is 9.90. The van der Waals surface area contributed by atoms with Crippen LogP contribution in [0, 0.1) is 6.92 Å². The van der Waals surface area contributed by atoms with Crippen molar-refractivity contribution < 1.29 is 4.79 Å². The van der Waals surface area contributed by atoms with Gasteiger partial charge in [0.05, 0.1) is 11.8 Å². The minimum absolute atomic E-state index is 0.0193. The smallest absolute Gasteiger partial charge is 0.257 e. The van der Waals surface area contributed by atoms with Crippen LogP contribution in [0.25, 0.3) is 11.1 Å². The predicted octanol–water partition coefficient (Wildman–Crippen LogP) is 3.63. The number of amides is 1. The minimum Gasteiger partial charge on any atom is -0.355 e. The summed E-state index contributed by atoms with van der Waals surface area (Å²) in [5, 5.41) is 10.5. The zero-order valence-corrected chi connectivity index (χ0v) is 16.9. The van der Waals surface area contributed by atoms with Crippen LogP contribution >= 0.6 is 0 Å².